The van der Waals surface area contributed by atoms with Gasteiger partial charge in [0.15, 0.2) is 12.6 Å². The highest BCUT2D eigenvalue weighted by Gasteiger charge is 2.31. The van der Waals surface area contributed by atoms with Gasteiger partial charge in [0.1, 0.15) is 12.3 Å². The molecule has 0 aliphatic carbocycles. The fraction of sp³-hybridized carbons (Fsp3) is 0.556. The summed E-state index contributed by atoms with van der Waals surface area (Å²) in [6, 6.07) is 4.70. The first-order valence-electron chi connectivity index (χ1n) is 8.92. The maximum absolute atomic E-state index is 12.5. The van der Waals surface area contributed by atoms with Crippen LogP contribution in [-0.2, 0) is 11.3 Å². The lowest BCUT2D eigenvalue weighted by molar-refractivity contribution is -0.157. The SMILES string of the molecule is CCNC(=NCc1ccc(C)cc1OCC(F)(F)F)NCC(=O)N(C)CC(F)(F)F. The molecule has 1 rings (SSSR count). The van der Waals surface area contributed by atoms with Gasteiger partial charge in [0.05, 0.1) is 13.1 Å². The third-order valence-electron chi connectivity index (χ3n) is 3.62. The van der Waals surface area contributed by atoms with E-state index in [4.69, 9.17) is 4.74 Å². The summed E-state index contributed by atoms with van der Waals surface area (Å²) < 4.78 is 79.3. The third kappa shape index (κ3) is 10.2. The lowest BCUT2D eigenvalue weighted by atomic mass is 10.1. The van der Waals surface area contributed by atoms with Gasteiger partial charge in [-0.05, 0) is 25.5 Å². The van der Waals surface area contributed by atoms with E-state index in [-0.39, 0.29) is 18.3 Å². The van der Waals surface area contributed by atoms with Crippen molar-refractivity contribution in [2.45, 2.75) is 32.7 Å². The van der Waals surface area contributed by atoms with Crippen molar-refractivity contribution in [2.75, 3.05) is 33.3 Å². The molecule has 6 nitrogen and oxygen atoms in total. The number of guanidine groups is 1. The molecule has 0 unspecified atom stereocenters. The van der Waals surface area contributed by atoms with E-state index in [2.05, 4.69) is 15.6 Å². The van der Waals surface area contributed by atoms with Crippen molar-refractivity contribution in [1.82, 2.24) is 15.5 Å². The van der Waals surface area contributed by atoms with Gasteiger partial charge in [-0.15, -0.1) is 0 Å². The largest absolute Gasteiger partial charge is 0.484 e. The Morgan fingerprint density at radius 3 is 2.37 bits per heavy atom. The van der Waals surface area contributed by atoms with Crippen molar-refractivity contribution in [3.05, 3.63) is 29.3 Å². The molecule has 0 bridgehead atoms. The first-order valence-corrected chi connectivity index (χ1v) is 8.92. The standard InChI is InChI=1S/C18H24F6N4O2/c1-4-25-16(27-9-15(29)28(3)10-17(19,20)21)26-8-13-6-5-12(2)7-14(13)30-11-18(22,23)24/h5-7H,4,8-11H2,1-3H3,(H2,25,26,27). The average Bonchev–Trinajstić information content (AvgIpc) is 2.61. The van der Waals surface area contributed by atoms with Crippen molar-refractivity contribution in [3.8, 4) is 5.75 Å². The Kier molecular flexibility index (Phi) is 9.24. The summed E-state index contributed by atoms with van der Waals surface area (Å²) in [5, 5.41) is 5.41. The molecule has 30 heavy (non-hydrogen) atoms. The van der Waals surface area contributed by atoms with E-state index in [1.807, 2.05) is 0 Å². The van der Waals surface area contributed by atoms with Gasteiger partial charge in [-0.1, -0.05) is 12.1 Å². The summed E-state index contributed by atoms with van der Waals surface area (Å²) in [5.41, 5.74) is 1.07. The van der Waals surface area contributed by atoms with Gasteiger partial charge in [0, 0.05) is 19.2 Å². The Bertz CT molecular complexity index is 734. The highest BCUT2D eigenvalue weighted by Crippen LogP contribution is 2.24. The lowest BCUT2D eigenvalue weighted by Gasteiger charge is -2.20. The number of aliphatic imine (C=N–C) groups is 1. The Hall–Kier alpha value is -2.66. The molecule has 170 valence electrons. The summed E-state index contributed by atoms with van der Waals surface area (Å²) >= 11 is 0. The summed E-state index contributed by atoms with van der Waals surface area (Å²) in [7, 11) is 1.03. The lowest BCUT2D eigenvalue weighted by Crippen LogP contribution is -2.45. The molecule has 0 atom stereocenters. The first kappa shape index (κ1) is 25.4. The maximum Gasteiger partial charge on any atom is 0.422 e. The molecular formula is C18H24F6N4O2. The van der Waals surface area contributed by atoms with Crippen molar-refractivity contribution in [2.24, 2.45) is 4.99 Å². The molecule has 0 heterocycles. The van der Waals surface area contributed by atoms with Gasteiger partial charge in [0.25, 0.3) is 0 Å². The fourth-order valence-electron chi connectivity index (χ4n) is 2.24. The topological polar surface area (TPSA) is 66.0 Å². The van der Waals surface area contributed by atoms with Crippen LogP contribution < -0.4 is 15.4 Å². The number of aryl methyl sites for hydroxylation is 1. The molecule has 0 saturated heterocycles. The molecule has 0 radical (unpaired) electrons. The smallest absolute Gasteiger partial charge is 0.422 e. The zero-order valence-corrected chi connectivity index (χ0v) is 16.7. The number of carbonyl (C=O) groups is 1. The van der Waals surface area contributed by atoms with Crippen LogP contribution in [0.3, 0.4) is 0 Å². The minimum Gasteiger partial charge on any atom is -0.484 e. The van der Waals surface area contributed by atoms with E-state index < -0.39 is 38.0 Å². The van der Waals surface area contributed by atoms with Crippen molar-refractivity contribution in [1.29, 1.82) is 0 Å². The van der Waals surface area contributed by atoms with Gasteiger partial charge in [-0.3, -0.25) is 4.79 Å². The van der Waals surface area contributed by atoms with Gasteiger partial charge in [-0.25, -0.2) is 4.99 Å². The number of hydrogen-bond acceptors (Lipinski definition) is 3. The molecule has 12 heteroatoms. The van der Waals surface area contributed by atoms with Gasteiger partial charge < -0.3 is 20.3 Å². The molecule has 0 aliphatic heterocycles. The van der Waals surface area contributed by atoms with E-state index in [9.17, 15) is 31.1 Å². The Morgan fingerprint density at radius 2 is 1.80 bits per heavy atom. The highest BCUT2D eigenvalue weighted by atomic mass is 19.4. The Labute approximate surface area is 170 Å². The third-order valence-corrected chi connectivity index (χ3v) is 3.62. The van der Waals surface area contributed by atoms with Crippen LogP contribution in [0.2, 0.25) is 0 Å². The highest BCUT2D eigenvalue weighted by molar-refractivity contribution is 5.86. The molecule has 1 amide bonds. The van der Waals surface area contributed by atoms with Crippen molar-refractivity contribution >= 4 is 11.9 Å². The molecule has 2 N–H and O–H groups in total. The van der Waals surface area contributed by atoms with Gasteiger partial charge in [0.2, 0.25) is 5.91 Å². The monoisotopic (exact) mass is 442 g/mol. The number of ether oxygens (including phenoxy) is 1. The number of benzene rings is 1. The molecule has 1 aromatic carbocycles. The molecular weight excluding hydrogens is 418 g/mol. The number of likely N-dealkylation sites (N-methyl/N-ethyl adjacent to an activating group) is 1. The molecule has 0 fully saturated rings. The molecule has 1 aromatic rings. The first-order chi connectivity index (χ1) is 13.8. The zero-order chi connectivity index (χ0) is 22.9. The fourth-order valence-corrected chi connectivity index (χ4v) is 2.24. The Balaban J connectivity index is 2.82. The van der Waals surface area contributed by atoms with Crippen LogP contribution in [0.4, 0.5) is 26.3 Å². The van der Waals surface area contributed by atoms with E-state index in [1.54, 1.807) is 26.0 Å². The number of hydrogen-bond donors (Lipinski definition) is 2. The van der Waals surface area contributed by atoms with Crippen LogP contribution in [0.5, 0.6) is 5.75 Å². The van der Waals surface area contributed by atoms with E-state index in [0.29, 0.717) is 22.6 Å². The number of nitrogens with zero attached hydrogens (tertiary/aromatic N) is 2. The quantitative estimate of drug-likeness (QED) is 0.369. The summed E-state index contributed by atoms with van der Waals surface area (Å²) in [5.74, 6) is -0.663. The number of alkyl halides is 6. The predicted molar refractivity (Wildman–Crippen MR) is 99.2 cm³/mol. The summed E-state index contributed by atoms with van der Waals surface area (Å²) in [4.78, 5) is 16.5. The second-order valence-corrected chi connectivity index (χ2v) is 6.43. The van der Waals surface area contributed by atoms with E-state index >= 15 is 0 Å². The Morgan fingerprint density at radius 1 is 1.13 bits per heavy atom. The molecule has 0 saturated carbocycles. The average molecular weight is 442 g/mol. The van der Waals surface area contributed by atoms with Crippen LogP contribution >= 0.6 is 0 Å². The second kappa shape index (κ2) is 10.9. The maximum atomic E-state index is 12.5. The van der Waals surface area contributed by atoms with E-state index in [1.165, 1.54) is 6.07 Å². The van der Waals surface area contributed by atoms with Crippen molar-refractivity contribution < 1.29 is 35.9 Å². The molecule has 0 spiro atoms. The van der Waals surface area contributed by atoms with Gasteiger partial charge >= 0.3 is 12.4 Å². The second-order valence-electron chi connectivity index (χ2n) is 6.43. The van der Waals surface area contributed by atoms with Gasteiger partial charge in [-0.2, -0.15) is 26.3 Å². The number of halogens is 6. The molecule has 0 aromatic heterocycles. The normalized spacial score (nSPS) is 12.5. The molecule has 0 aliphatic rings. The van der Waals surface area contributed by atoms with Crippen LogP contribution in [0.25, 0.3) is 0 Å². The van der Waals surface area contributed by atoms with Crippen LogP contribution in [-0.4, -0.2) is 62.4 Å². The summed E-state index contributed by atoms with van der Waals surface area (Å²) in [6.07, 6.45) is -9.01. The predicted octanol–water partition coefficient (Wildman–Crippen LogP) is 3.01. The van der Waals surface area contributed by atoms with Crippen molar-refractivity contribution in [3.63, 3.8) is 0 Å². The zero-order valence-electron chi connectivity index (χ0n) is 16.7. The number of nitrogens with one attached hydrogen (secondary N) is 2. The minimum absolute atomic E-state index is 0.0212. The summed E-state index contributed by atoms with van der Waals surface area (Å²) in [6.45, 7) is 0.472. The number of carbonyl (C=O) groups excluding carboxylic acids is 1. The number of amides is 1. The van der Waals surface area contributed by atoms with Crippen LogP contribution in [0.15, 0.2) is 23.2 Å². The number of rotatable bonds is 8. The van der Waals surface area contributed by atoms with Crippen LogP contribution in [0.1, 0.15) is 18.1 Å². The van der Waals surface area contributed by atoms with E-state index in [0.717, 1.165) is 7.05 Å². The van der Waals surface area contributed by atoms with Crippen LogP contribution in [0, 0.1) is 6.92 Å². The minimum atomic E-state index is -4.51.